The molecule has 1 aliphatic rings. The maximum atomic E-state index is 11.5. The molecule has 0 amide bonds. The van der Waals surface area contributed by atoms with Crippen molar-refractivity contribution in [2.45, 2.75) is 17.7 Å². The molecule has 2 rings (SSSR count). The zero-order valence-electron chi connectivity index (χ0n) is 8.24. The van der Waals surface area contributed by atoms with Crippen LogP contribution in [0, 0.1) is 0 Å². The van der Waals surface area contributed by atoms with Crippen LogP contribution < -0.4 is 5.32 Å². The normalized spacial score (nSPS) is 20.3. The van der Waals surface area contributed by atoms with Gasteiger partial charge in [-0.3, -0.25) is 0 Å². The monoisotopic (exact) mass is 211 g/mol. The molecule has 1 atom stereocenters. The van der Waals surface area contributed by atoms with Crippen LogP contribution in [0.5, 0.6) is 0 Å². The molecule has 1 aromatic rings. The lowest BCUT2D eigenvalue weighted by molar-refractivity contribution is 0.600. The molecule has 1 heterocycles. The van der Waals surface area contributed by atoms with Gasteiger partial charge in [0.1, 0.15) is 0 Å². The SMILES string of the molecule is CC1CNc2cccc(S(C)(=O)=O)c21. The van der Waals surface area contributed by atoms with Crippen LogP contribution in [-0.4, -0.2) is 21.2 Å². The van der Waals surface area contributed by atoms with Crippen molar-refractivity contribution in [3.8, 4) is 0 Å². The summed E-state index contributed by atoms with van der Waals surface area (Å²) in [5, 5.41) is 3.20. The van der Waals surface area contributed by atoms with Gasteiger partial charge in [0.15, 0.2) is 9.84 Å². The molecule has 3 nitrogen and oxygen atoms in total. The molecule has 14 heavy (non-hydrogen) atoms. The Balaban J connectivity index is 2.70. The Morgan fingerprint density at radius 3 is 2.79 bits per heavy atom. The number of anilines is 1. The summed E-state index contributed by atoms with van der Waals surface area (Å²) >= 11 is 0. The number of sulfone groups is 1. The van der Waals surface area contributed by atoms with Crippen LogP contribution in [0.25, 0.3) is 0 Å². The molecule has 1 unspecified atom stereocenters. The Labute approximate surface area is 84.1 Å². The van der Waals surface area contributed by atoms with Gasteiger partial charge >= 0.3 is 0 Å². The van der Waals surface area contributed by atoms with Crippen molar-refractivity contribution in [1.82, 2.24) is 0 Å². The van der Waals surface area contributed by atoms with E-state index < -0.39 is 9.84 Å². The van der Waals surface area contributed by atoms with E-state index in [4.69, 9.17) is 0 Å². The average molecular weight is 211 g/mol. The molecule has 0 saturated heterocycles. The summed E-state index contributed by atoms with van der Waals surface area (Å²) in [6.45, 7) is 2.86. The van der Waals surface area contributed by atoms with E-state index in [9.17, 15) is 8.42 Å². The van der Waals surface area contributed by atoms with Crippen molar-refractivity contribution in [2.75, 3.05) is 18.1 Å². The first-order chi connectivity index (χ1) is 6.50. The second kappa shape index (κ2) is 2.98. The zero-order valence-corrected chi connectivity index (χ0v) is 9.06. The van der Waals surface area contributed by atoms with E-state index in [0.29, 0.717) is 4.90 Å². The third-order valence-electron chi connectivity index (χ3n) is 2.56. The van der Waals surface area contributed by atoms with Crippen molar-refractivity contribution in [1.29, 1.82) is 0 Å². The van der Waals surface area contributed by atoms with E-state index in [-0.39, 0.29) is 5.92 Å². The van der Waals surface area contributed by atoms with Crippen molar-refractivity contribution >= 4 is 15.5 Å². The Morgan fingerprint density at radius 2 is 2.14 bits per heavy atom. The molecule has 0 fully saturated rings. The Morgan fingerprint density at radius 1 is 1.43 bits per heavy atom. The van der Waals surface area contributed by atoms with Crippen molar-refractivity contribution in [2.24, 2.45) is 0 Å². The zero-order chi connectivity index (χ0) is 10.3. The van der Waals surface area contributed by atoms with Crippen molar-refractivity contribution in [3.63, 3.8) is 0 Å². The summed E-state index contributed by atoms with van der Waals surface area (Å²) in [6.07, 6.45) is 1.26. The van der Waals surface area contributed by atoms with Gasteiger partial charge in [0.05, 0.1) is 4.90 Å². The third-order valence-corrected chi connectivity index (χ3v) is 3.71. The first-order valence-corrected chi connectivity index (χ1v) is 6.46. The van der Waals surface area contributed by atoms with E-state index in [0.717, 1.165) is 17.8 Å². The highest BCUT2D eigenvalue weighted by Crippen LogP contribution is 2.35. The Kier molecular flexibility index (Phi) is 2.03. The first-order valence-electron chi connectivity index (χ1n) is 4.57. The Bertz CT molecular complexity index is 465. The van der Waals surface area contributed by atoms with Crippen molar-refractivity contribution in [3.05, 3.63) is 23.8 Å². The summed E-state index contributed by atoms with van der Waals surface area (Å²) in [5.74, 6) is 0.274. The fourth-order valence-electron chi connectivity index (χ4n) is 1.89. The second-order valence-corrected chi connectivity index (χ2v) is 5.76. The van der Waals surface area contributed by atoms with Gasteiger partial charge in [0.25, 0.3) is 0 Å². The summed E-state index contributed by atoms with van der Waals surface area (Å²) < 4.78 is 23.0. The van der Waals surface area contributed by atoms with Gasteiger partial charge in [0.2, 0.25) is 0 Å². The van der Waals surface area contributed by atoms with Crippen LogP contribution in [0.15, 0.2) is 23.1 Å². The van der Waals surface area contributed by atoms with E-state index in [2.05, 4.69) is 5.32 Å². The Hall–Kier alpha value is -1.03. The summed E-state index contributed by atoms with van der Waals surface area (Å²) in [7, 11) is -3.10. The molecular formula is C10H13NO2S. The number of hydrogen-bond donors (Lipinski definition) is 1. The first kappa shape index (κ1) is 9.52. The van der Waals surface area contributed by atoms with E-state index in [1.165, 1.54) is 6.26 Å². The van der Waals surface area contributed by atoms with Gasteiger partial charge < -0.3 is 5.32 Å². The number of benzene rings is 1. The molecule has 76 valence electrons. The lowest BCUT2D eigenvalue weighted by Gasteiger charge is -2.08. The van der Waals surface area contributed by atoms with E-state index in [1.54, 1.807) is 12.1 Å². The predicted octanol–water partition coefficient (Wildman–Crippen LogP) is 1.62. The summed E-state index contributed by atoms with van der Waals surface area (Å²) in [5.41, 5.74) is 1.90. The molecular weight excluding hydrogens is 198 g/mol. The van der Waals surface area contributed by atoms with E-state index >= 15 is 0 Å². The van der Waals surface area contributed by atoms with Crippen LogP contribution in [0.2, 0.25) is 0 Å². The molecule has 0 spiro atoms. The second-order valence-electron chi connectivity index (χ2n) is 3.77. The quantitative estimate of drug-likeness (QED) is 0.767. The molecule has 0 saturated carbocycles. The van der Waals surface area contributed by atoms with Crippen LogP contribution in [0.4, 0.5) is 5.69 Å². The van der Waals surface area contributed by atoms with Gasteiger partial charge in [-0.1, -0.05) is 13.0 Å². The maximum absolute atomic E-state index is 11.5. The smallest absolute Gasteiger partial charge is 0.175 e. The number of nitrogens with one attached hydrogen (secondary N) is 1. The van der Waals surface area contributed by atoms with Crippen LogP contribution >= 0.6 is 0 Å². The van der Waals surface area contributed by atoms with E-state index in [1.807, 2.05) is 13.0 Å². The highest BCUT2D eigenvalue weighted by Gasteiger charge is 2.25. The highest BCUT2D eigenvalue weighted by molar-refractivity contribution is 7.90. The fraction of sp³-hybridized carbons (Fsp3) is 0.400. The molecule has 0 aromatic heterocycles. The molecule has 0 radical (unpaired) electrons. The number of fused-ring (bicyclic) bond motifs is 1. The standard InChI is InChI=1S/C10H13NO2S/c1-7-6-11-8-4-3-5-9(10(7)8)14(2,12)13/h3-5,7,11H,6H2,1-2H3. The minimum Gasteiger partial charge on any atom is -0.384 e. The van der Waals surface area contributed by atoms with Gasteiger partial charge in [-0.15, -0.1) is 0 Å². The number of rotatable bonds is 1. The minimum absolute atomic E-state index is 0.274. The van der Waals surface area contributed by atoms with Gasteiger partial charge in [0, 0.05) is 24.4 Å². The molecule has 0 bridgehead atoms. The van der Waals surface area contributed by atoms with Crippen molar-refractivity contribution < 1.29 is 8.42 Å². The minimum atomic E-state index is -3.10. The summed E-state index contributed by atoms with van der Waals surface area (Å²) in [4.78, 5) is 0.465. The third kappa shape index (κ3) is 1.39. The lowest BCUT2D eigenvalue weighted by Crippen LogP contribution is -2.03. The topological polar surface area (TPSA) is 46.2 Å². The molecule has 1 aromatic carbocycles. The van der Waals surface area contributed by atoms with Crippen LogP contribution in [0.3, 0.4) is 0 Å². The van der Waals surface area contributed by atoms with Crippen LogP contribution in [0.1, 0.15) is 18.4 Å². The van der Waals surface area contributed by atoms with Gasteiger partial charge in [-0.2, -0.15) is 0 Å². The molecule has 0 aliphatic carbocycles. The maximum Gasteiger partial charge on any atom is 0.175 e. The predicted molar refractivity (Wildman–Crippen MR) is 56.5 cm³/mol. The van der Waals surface area contributed by atoms with Crippen LogP contribution in [-0.2, 0) is 9.84 Å². The summed E-state index contributed by atoms with van der Waals surface area (Å²) in [6, 6.07) is 5.38. The van der Waals surface area contributed by atoms with Gasteiger partial charge in [-0.25, -0.2) is 8.42 Å². The molecule has 1 aliphatic heterocycles. The highest BCUT2D eigenvalue weighted by atomic mass is 32.2. The fourth-order valence-corrected chi connectivity index (χ4v) is 2.93. The largest absolute Gasteiger partial charge is 0.384 e. The van der Waals surface area contributed by atoms with Gasteiger partial charge in [-0.05, 0) is 17.7 Å². The lowest BCUT2D eigenvalue weighted by atomic mass is 10.0. The molecule has 4 heteroatoms. The average Bonchev–Trinajstić information content (AvgIpc) is 2.46. The molecule has 1 N–H and O–H groups in total. The number of hydrogen-bond acceptors (Lipinski definition) is 3.